The summed E-state index contributed by atoms with van der Waals surface area (Å²) in [6.07, 6.45) is 0.708. The Balaban J connectivity index is 2.16. The van der Waals surface area contributed by atoms with Gasteiger partial charge < -0.3 is 15.0 Å². The Hall–Kier alpha value is -2.21. The largest absolute Gasteiger partial charge is 0.385 e. The van der Waals surface area contributed by atoms with Gasteiger partial charge in [0, 0.05) is 20.3 Å². The maximum atomic E-state index is 11.8. The average molecular weight is 261 g/mol. The number of nitrogens with one attached hydrogen (secondary N) is 2. The van der Waals surface area contributed by atoms with Crippen LogP contribution in [0.4, 0.5) is 0 Å². The van der Waals surface area contributed by atoms with E-state index >= 15 is 0 Å². The van der Waals surface area contributed by atoms with Gasteiger partial charge in [0.2, 0.25) is 0 Å². The van der Waals surface area contributed by atoms with Gasteiger partial charge in [0.25, 0.3) is 11.5 Å². The molecule has 0 radical (unpaired) electrons. The molecule has 100 valence electrons. The molecule has 0 unspecified atom stereocenters. The maximum absolute atomic E-state index is 11.8. The van der Waals surface area contributed by atoms with Gasteiger partial charge in [-0.2, -0.15) is 0 Å². The van der Waals surface area contributed by atoms with Gasteiger partial charge in [-0.05, 0) is 18.6 Å². The molecule has 0 saturated heterocycles. The van der Waals surface area contributed by atoms with E-state index < -0.39 is 0 Å². The highest BCUT2D eigenvalue weighted by Gasteiger charge is 2.10. The lowest BCUT2D eigenvalue weighted by Gasteiger charge is -2.05. The van der Waals surface area contributed by atoms with Crippen LogP contribution in [0.3, 0.4) is 0 Å². The minimum absolute atomic E-state index is 0.0288. The molecule has 0 spiro atoms. The third-order valence-corrected chi connectivity index (χ3v) is 2.64. The lowest BCUT2D eigenvalue weighted by molar-refractivity contribution is 0.0938. The zero-order valence-corrected chi connectivity index (χ0v) is 10.6. The molecule has 2 aromatic rings. The zero-order chi connectivity index (χ0) is 13.7. The maximum Gasteiger partial charge on any atom is 0.287 e. The second-order valence-corrected chi connectivity index (χ2v) is 4.03. The zero-order valence-electron chi connectivity index (χ0n) is 10.6. The summed E-state index contributed by atoms with van der Waals surface area (Å²) in [5.74, 6) is -0.361. The molecule has 6 heteroatoms. The van der Waals surface area contributed by atoms with Gasteiger partial charge in [0.05, 0.1) is 10.9 Å². The van der Waals surface area contributed by atoms with Crippen LogP contribution in [-0.2, 0) is 4.74 Å². The molecule has 0 aliphatic carbocycles. The first-order chi connectivity index (χ1) is 9.22. The van der Waals surface area contributed by atoms with Crippen LogP contribution in [0.5, 0.6) is 0 Å². The summed E-state index contributed by atoms with van der Waals surface area (Å²) < 4.78 is 4.88. The molecule has 6 nitrogen and oxygen atoms in total. The van der Waals surface area contributed by atoms with Crippen LogP contribution >= 0.6 is 0 Å². The number of aromatic amines is 1. The van der Waals surface area contributed by atoms with Crippen molar-refractivity contribution < 1.29 is 9.53 Å². The molecule has 1 aromatic heterocycles. The average Bonchev–Trinajstić information content (AvgIpc) is 2.43. The summed E-state index contributed by atoms with van der Waals surface area (Å²) in [4.78, 5) is 30.2. The van der Waals surface area contributed by atoms with Gasteiger partial charge in [-0.15, -0.1) is 0 Å². The number of fused-ring (bicyclic) bond motifs is 1. The van der Waals surface area contributed by atoms with Crippen LogP contribution in [0.25, 0.3) is 10.9 Å². The number of para-hydroxylation sites is 1. The molecule has 0 atom stereocenters. The fourth-order valence-electron chi connectivity index (χ4n) is 1.70. The van der Waals surface area contributed by atoms with Crippen molar-refractivity contribution in [2.24, 2.45) is 0 Å². The Labute approximate surface area is 109 Å². The number of amides is 1. The van der Waals surface area contributed by atoms with Gasteiger partial charge in [-0.3, -0.25) is 9.59 Å². The van der Waals surface area contributed by atoms with Crippen molar-refractivity contribution in [3.63, 3.8) is 0 Å². The highest BCUT2D eigenvalue weighted by Crippen LogP contribution is 2.05. The van der Waals surface area contributed by atoms with Crippen LogP contribution in [0, 0.1) is 0 Å². The Morgan fingerprint density at radius 2 is 2.21 bits per heavy atom. The molecule has 0 aliphatic rings. The number of nitrogens with zero attached hydrogens (tertiary/aromatic N) is 1. The number of carbonyl (C=O) groups excluding carboxylic acids is 1. The first kappa shape index (κ1) is 13.2. The van der Waals surface area contributed by atoms with E-state index in [2.05, 4.69) is 15.3 Å². The molecule has 1 amide bonds. The lowest BCUT2D eigenvalue weighted by atomic mass is 10.2. The molecule has 1 heterocycles. The van der Waals surface area contributed by atoms with E-state index in [1.165, 1.54) is 0 Å². The molecule has 2 rings (SSSR count). The molecule has 2 N–H and O–H groups in total. The van der Waals surface area contributed by atoms with E-state index in [0.717, 1.165) is 0 Å². The number of carbonyl (C=O) groups is 1. The van der Waals surface area contributed by atoms with Crippen LogP contribution in [0.15, 0.2) is 29.1 Å². The molecule has 1 aromatic carbocycles. The Kier molecular flexibility index (Phi) is 4.25. The third kappa shape index (κ3) is 3.17. The van der Waals surface area contributed by atoms with Crippen molar-refractivity contribution in [1.82, 2.24) is 15.3 Å². The van der Waals surface area contributed by atoms with Crippen LogP contribution in [-0.4, -0.2) is 36.1 Å². The number of hydrogen-bond donors (Lipinski definition) is 2. The summed E-state index contributed by atoms with van der Waals surface area (Å²) >= 11 is 0. The lowest BCUT2D eigenvalue weighted by Crippen LogP contribution is -2.29. The quantitative estimate of drug-likeness (QED) is 0.775. The van der Waals surface area contributed by atoms with Crippen molar-refractivity contribution in [3.8, 4) is 0 Å². The van der Waals surface area contributed by atoms with Crippen LogP contribution in [0.2, 0.25) is 0 Å². The van der Waals surface area contributed by atoms with Crippen molar-refractivity contribution in [1.29, 1.82) is 0 Å². The van der Waals surface area contributed by atoms with Crippen molar-refractivity contribution >= 4 is 16.8 Å². The first-order valence-corrected chi connectivity index (χ1v) is 5.98. The van der Waals surface area contributed by atoms with E-state index in [1.54, 1.807) is 31.4 Å². The van der Waals surface area contributed by atoms with Gasteiger partial charge in [-0.25, -0.2) is 4.98 Å². The number of rotatable bonds is 5. The molecule has 0 fully saturated rings. The minimum atomic E-state index is -0.390. The number of methoxy groups -OCH3 is 1. The Bertz CT molecular complexity index is 636. The van der Waals surface area contributed by atoms with Gasteiger partial charge >= 0.3 is 0 Å². The normalized spacial score (nSPS) is 10.6. The predicted octanol–water partition coefficient (Wildman–Crippen LogP) is 0.689. The monoisotopic (exact) mass is 261 g/mol. The molecule has 0 aliphatic heterocycles. The fourth-order valence-corrected chi connectivity index (χ4v) is 1.70. The van der Waals surface area contributed by atoms with Gasteiger partial charge in [0.1, 0.15) is 0 Å². The highest BCUT2D eigenvalue weighted by molar-refractivity contribution is 5.92. The number of ether oxygens (including phenoxy) is 1. The third-order valence-electron chi connectivity index (χ3n) is 2.64. The predicted molar refractivity (Wildman–Crippen MR) is 71.2 cm³/mol. The molecule has 19 heavy (non-hydrogen) atoms. The molecule has 0 bridgehead atoms. The van der Waals surface area contributed by atoms with E-state index in [9.17, 15) is 9.59 Å². The van der Waals surface area contributed by atoms with Crippen molar-refractivity contribution in [3.05, 3.63) is 40.4 Å². The SMILES string of the molecule is COCCCNC(=O)c1nc2ccccc2c(=O)[nH]1. The number of benzene rings is 1. The second kappa shape index (κ2) is 6.10. The Morgan fingerprint density at radius 1 is 1.42 bits per heavy atom. The number of hydrogen-bond acceptors (Lipinski definition) is 4. The van der Waals surface area contributed by atoms with E-state index in [4.69, 9.17) is 4.74 Å². The van der Waals surface area contributed by atoms with Crippen LogP contribution < -0.4 is 10.9 Å². The second-order valence-electron chi connectivity index (χ2n) is 4.03. The number of aromatic nitrogens is 2. The Morgan fingerprint density at radius 3 is 3.00 bits per heavy atom. The molecular weight excluding hydrogens is 246 g/mol. The smallest absolute Gasteiger partial charge is 0.287 e. The van der Waals surface area contributed by atoms with E-state index in [-0.39, 0.29) is 17.3 Å². The molecular formula is C13H15N3O3. The topological polar surface area (TPSA) is 84.1 Å². The summed E-state index contributed by atoms with van der Waals surface area (Å²) in [5.41, 5.74) is 0.195. The summed E-state index contributed by atoms with van der Waals surface area (Å²) in [5, 5.41) is 3.14. The summed E-state index contributed by atoms with van der Waals surface area (Å²) in [7, 11) is 1.60. The summed E-state index contributed by atoms with van der Waals surface area (Å²) in [6.45, 7) is 1.05. The number of H-pyrrole nitrogens is 1. The highest BCUT2D eigenvalue weighted by atomic mass is 16.5. The van der Waals surface area contributed by atoms with Gasteiger partial charge in [0.15, 0.2) is 5.82 Å². The van der Waals surface area contributed by atoms with E-state index in [1.807, 2.05) is 0 Å². The van der Waals surface area contributed by atoms with Crippen molar-refractivity contribution in [2.75, 3.05) is 20.3 Å². The van der Waals surface area contributed by atoms with Gasteiger partial charge in [-0.1, -0.05) is 12.1 Å². The van der Waals surface area contributed by atoms with Crippen molar-refractivity contribution in [2.45, 2.75) is 6.42 Å². The first-order valence-electron chi connectivity index (χ1n) is 5.98. The fraction of sp³-hybridized carbons (Fsp3) is 0.308. The molecule has 0 saturated carbocycles. The van der Waals surface area contributed by atoms with E-state index in [0.29, 0.717) is 30.5 Å². The standard InChI is InChI=1S/C13H15N3O3/c1-19-8-4-7-14-13(18)11-15-10-6-3-2-5-9(10)12(17)16-11/h2-3,5-6H,4,7-8H2,1H3,(H,14,18)(H,15,16,17). The van der Waals surface area contributed by atoms with Crippen LogP contribution in [0.1, 0.15) is 17.0 Å². The summed E-state index contributed by atoms with van der Waals surface area (Å²) in [6, 6.07) is 6.90. The minimum Gasteiger partial charge on any atom is -0.385 e.